The number of fused-ring (bicyclic) bond motifs is 1. The third-order valence-corrected chi connectivity index (χ3v) is 4.46. The number of hydrogen-bond acceptors (Lipinski definition) is 5. The zero-order valence-corrected chi connectivity index (χ0v) is 16.3. The molecule has 148 valence electrons. The van der Waals surface area contributed by atoms with Crippen LogP contribution in [0, 0.1) is 5.82 Å². The van der Waals surface area contributed by atoms with Gasteiger partial charge in [-0.15, -0.1) is 0 Å². The normalized spacial score (nSPS) is 13.6. The molecule has 6 nitrogen and oxygen atoms in total. The van der Waals surface area contributed by atoms with E-state index in [1.54, 1.807) is 12.1 Å². The minimum Gasteiger partial charge on any atom is -0.486 e. The standard InChI is InChI=1S/C19H16Cl2FNO5/c1-10(19(25)23-15-3-2-12(22)9-13(15)20)28-17(24)8-11-6-14(21)18-16(7-11)26-4-5-27-18/h2-3,6-7,9-10H,4-5,8H2,1H3,(H,23,25). The summed E-state index contributed by atoms with van der Waals surface area (Å²) in [4.78, 5) is 24.4. The molecule has 1 amide bonds. The first kappa shape index (κ1) is 20.2. The minimum absolute atomic E-state index is 0.0396. The number of carbonyl (C=O) groups excluding carboxylic acids is 2. The molecule has 28 heavy (non-hydrogen) atoms. The van der Waals surface area contributed by atoms with Crippen LogP contribution in [-0.4, -0.2) is 31.2 Å². The van der Waals surface area contributed by atoms with Gasteiger partial charge < -0.3 is 19.5 Å². The fourth-order valence-corrected chi connectivity index (χ4v) is 3.05. The van der Waals surface area contributed by atoms with Crippen molar-refractivity contribution in [2.75, 3.05) is 18.5 Å². The van der Waals surface area contributed by atoms with Crippen molar-refractivity contribution < 1.29 is 28.2 Å². The van der Waals surface area contributed by atoms with Crippen molar-refractivity contribution in [2.24, 2.45) is 0 Å². The van der Waals surface area contributed by atoms with E-state index in [0.717, 1.165) is 12.1 Å². The fraction of sp³-hybridized carbons (Fsp3) is 0.263. The second kappa shape index (κ2) is 8.67. The first-order chi connectivity index (χ1) is 13.3. The smallest absolute Gasteiger partial charge is 0.311 e. The molecule has 1 atom stereocenters. The number of benzene rings is 2. The lowest BCUT2D eigenvalue weighted by atomic mass is 10.1. The van der Waals surface area contributed by atoms with Crippen LogP contribution in [0.4, 0.5) is 10.1 Å². The first-order valence-electron chi connectivity index (χ1n) is 8.37. The van der Waals surface area contributed by atoms with Gasteiger partial charge >= 0.3 is 5.97 Å². The summed E-state index contributed by atoms with van der Waals surface area (Å²) in [5.41, 5.74) is 0.781. The molecule has 0 radical (unpaired) electrons. The highest BCUT2D eigenvalue weighted by molar-refractivity contribution is 6.33. The molecular weight excluding hydrogens is 412 g/mol. The number of amides is 1. The van der Waals surface area contributed by atoms with Crippen LogP contribution in [0.3, 0.4) is 0 Å². The molecule has 0 aromatic heterocycles. The number of rotatable bonds is 5. The molecule has 1 aliphatic heterocycles. The summed E-state index contributed by atoms with van der Waals surface area (Å²) in [6, 6.07) is 6.77. The predicted octanol–water partition coefficient (Wildman–Crippen LogP) is 4.02. The van der Waals surface area contributed by atoms with Crippen LogP contribution in [0.1, 0.15) is 12.5 Å². The molecule has 0 fully saturated rings. The lowest BCUT2D eigenvalue weighted by Crippen LogP contribution is -2.30. The molecule has 0 aliphatic carbocycles. The maximum absolute atomic E-state index is 13.1. The average molecular weight is 428 g/mol. The highest BCUT2D eigenvalue weighted by Crippen LogP contribution is 2.38. The van der Waals surface area contributed by atoms with Crippen molar-refractivity contribution >= 4 is 40.8 Å². The number of ether oxygens (including phenoxy) is 3. The van der Waals surface area contributed by atoms with Gasteiger partial charge in [0.1, 0.15) is 19.0 Å². The summed E-state index contributed by atoms with van der Waals surface area (Å²) in [6.45, 7) is 2.21. The third-order valence-electron chi connectivity index (χ3n) is 3.87. The summed E-state index contributed by atoms with van der Waals surface area (Å²) in [5.74, 6) is -0.851. The van der Waals surface area contributed by atoms with Crippen LogP contribution < -0.4 is 14.8 Å². The first-order valence-corrected chi connectivity index (χ1v) is 9.12. The Morgan fingerprint density at radius 2 is 1.93 bits per heavy atom. The largest absolute Gasteiger partial charge is 0.486 e. The molecule has 0 spiro atoms. The van der Waals surface area contributed by atoms with Crippen molar-refractivity contribution in [2.45, 2.75) is 19.4 Å². The summed E-state index contributed by atoms with van der Waals surface area (Å²) in [7, 11) is 0. The van der Waals surface area contributed by atoms with E-state index in [-0.39, 0.29) is 17.1 Å². The van der Waals surface area contributed by atoms with Gasteiger partial charge in [-0.1, -0.05) is 23.2 Å². The van der Waals surface area contributed by atoms with Gasteiger partial charge in [-0.25, -0.2) is 4.39 Å². The summed E-state index contributed by atoms with van der Waals surface area (Å²) in [6.07, 6.45) is -1.19. The average Bonchev–Trinajstić information content (AvgIpc) is 2.63. The van der Waals surface area contributed by atoms with Gasteiger partial charge in [0.2, 0.25) is 0 Å². The maximum atomic E-state index is 13.1. The van der Waals surface area contributed by atoms with Crippen LogP contribution in [0.5, 0.6) is 11.5 Å². The Labute approximate surface area is 170 Å². The van der Waals surface area contributed by atoms with Crippen LogP contribution in [-0.2, 0) is 20.7 Å². The zero-order valence-electron chi connectivity index (χ0n) is 14.8. The Bertz CT molecular complexity index is 921. The molecule has 2 aromatic rings. The van der Waals surface area contributed by atoms with Crippen LogP contribution in [0.2, 0.25) is 10.0 Å². The second-order valence-electron chi connectivity index (χ2n) is 6.02. The molecule has 1 N–H and O–H groups in total. The van der Waals surface area contributed by atoms with E-state index in [1.807, 2.05) is 0 Å². The van der Waals surface area contributed by atoms with E-state index in [2.05, 4.69) is 5.32 Å². The highest BCUT2D eigenvalue weighted by atomic mass is 35.5. The number of hydrogen-bond donors (Lipinski definition) is 1. The van der Waals surface area contributed by atoms with Gasteiger partial charge in [0.05, 0.1) is 22.2 Å². The number of halogens is 3. The van der Waals surface area contributed by atoms with E-state index >= 15 is 0 Å². The molecule has 2 aromatic carbocycles. The van der Waals surface area contributed by atoms with Gasteiger partial charge in [0.25, 0.3) is 5.91 Å². The molecule has 1 unspecified atom stereocenters. The molecule has 1 heterocycles. The quantitative estimate of drug-likeness (QED) is 0.729. The van der Waals surface area contributed by atoms with Gasteiger partial charge in [0, 0.05) is 0 Å². The van der Waals surface area contributed by atoms with E-state index in [1.165, 1.54) is 13.0 Å². The van der Waals surface area contributed by atoms with Gasteiger partial charge in [-0.05, 0) is 42.8 Å². The molecule has 3 rings (SSSR count). The Morgan fingerprint density at radius 1 is 1.18 bits per heavy atom. The van der Waals surface area contributed by atoms with Crippen molar-refractivity contribution in [3.8, 4) is 11.5 Å². The maximum Gasteiger partial charge on any atom is 0.311 e. The van der Waals surface area contributed by atoms with E-state index in [4.69, 9.17) is 37.4 Å². The Balaban J connectivity index is 1.59. The number of nitrogens with one attached hydrogen (secondary N) is 1. The van der Waals surface area contributed by atoms with Crippen molar-refractivity contribution in [1.82, 2.24) is 0 Å². The number of carbonyl (C=O) groups is 2. The number of esters is 1. The van der Waals surface area contributed by atoms with Crippen molar-refractivity contribution in [3.05, 3.63) is 51.8 Å². The summed E-state index contributed by atoms with van der Waals surface area (Å²) >= 11 is 12.0. The molecule has 9 heteroatoms. The molecule has 1 aliphatic rings. The summed E-state index contributed by atoms with van der Waals surface area (Å²) < 4.78 is 29.1. The highest BCUT2D eigenvalue weighted by Gasteiger charge is 2.21. The Morgan fingerprint density at radius 3 is 2.68 bits per heavy atom. The fourth-order valence-electron chi connectivity index (χ4n) is 2.55. The van der Waals surface area contributed by atoms with Gasteiger partial charge in [-0.3, -0.25) is 9.59 Å². The third kappa shape index (κ3) is 4.85. The van der Waals surface area contributed by atoms with Crippen molar-refractivity contribution in [1.29, 1.82) is 0 Å². The summed E-state index contributed by atoms with van der Waals surface area (Å²) in [5, 5.41) is 2.85. The van der Waals surface area contributed by atoms with E-state index in [9.17, 15) is 14.0 Å². The van der Waals surface area contributed by atoms with Crippen LogP contribution in [0.15, 0.2) is 30.3 Å². The molecule has 0 saturated heterocycles. The zero-order chi connectivity index (χ0) is 20.3. The second-order valence-corrected chi connectivity index (χ2v) is 6.84. The minimum atomic E-state index is -1.08. The molecule has 0 saturated carbocycles. The molecular formula is C19H16Cl2FNO5. The lowest BCUT2D eigenvalue weighted by molar-refractivity contribution is -0.152. The Hall–Kier alpha value is -2.51. The van der Waals surface area contributed by atoms with E-state index < -0.39 is 23.8 Å². The SMILES string of the molecule is CC(OC(=O)Cc1cc(Cl)c2c(c1)OCCO2)C(=O)Nc1ccc(F)cc1Cl. The van der Waals surface area contributed by atoms with Crippen molar-refractivity contribution in [3.63, 3.8) is 0 Å². The monoisotopic (exact) mass is 427 g/mol. The van der Waals surface area contributed by atoms with Gasteiger partial charge in [-0.2, -0.15) is 0 Å². The van der Waals surface area contributed by atoms with Crippen LogP contribution in [0.25, 0.3) is 0 Å². The van der Waals surface area contributed by atoms with E-state index in [0.29, 0.717) is 35.3 Å². The molecule has 0 bridgehead atoms. The van der Waals surface area contributed by atoms with Crippen LogP contribution >= 0.6 is 23.2 Å². The predicted molar refractivity (Wildman–Crippen MR) is 102 cm³/mol. The lowest BCUT2D eigenvalue weighted by Gasteiger charge is -2.20. The van der Waals surface area contributed by atoms with Gasteiger partial charge in [0.15, 0.2) is 17.6 Å². The topological polar surface area (TPSA) is 73.9 Å². The number of anilines is 1. The Kier molecular flexibility index (Phi) is 6.26.